The molecule has 0 unspecified atom stereocenters. The minimum absolute atomic E-state index is 0.0284. The van der Waals surface area contributed by atoms with E-state index < -0.39 is 29.7 Å². The number of rotatable bonds is 7. The Hall–Kier alpha value is -2.57. The predicted molar refractivity (Wildman–Crippen MR) is 90.6 cm³/mol. The van der Waals surface area contributed by atoms with E-state index in [0.717, 1.165) is 5.56 Å². The molecule has 0 bridgehead atoms. The van der Waals surface area contributed by atoms with Crippen molar-refractivity contribution in [1.29, 1.82) is 0 Å². The fraction of sp³-hybridized carbons (Fsp3) is 0.500. The van der Waals surface area contributed by atoms with Crippen LogP contribution in [0.1, 0.15) is 39.2 Å². The molecule has 7 nitrogen and oxygen atoms in total. The smallest absolute Gasteiger partial charge is 0.408 e. The number of carbonyl (C=O) groups is 3. The molecule has 138 valence electrons. The summed E-state index contributed by atoms with van der Waals surface area (Å²) in [6.45, 7) is 5.23. The van der Waals surface area contributed by atoms with E-state index in [1.807, 2.05) is 30.3 Å². The molecule has 1 aromatic rings. The van der Waals surface area contributed by atoms with Crippen LogP contribution in [0.3, 0.4) is 0 Å². The second kappa shape index (κ2) is 9.66. The summed E-state index contributed by atoms with van der Waals surface area (Å²) in [7, 11) is 1.26. The van der Waals surface area contributed by atoms with Gasteiger partial charge in [-0.15, -0.1) is 0 Å². The highest BCUT2D eigenvalue weighted by atomic mass is 16.6. The molecule has 1 N–H and O–H groups in total. The van der Waals surface area contributed by atoms with Gasteiger partial charge in [0.1, 0.15) is 18.2 Å². The summed E-state index contributed by atoms with van der Waals surface area (Å²) < 4.78 is 14.9. The number of nitrogens with one attached hydrogen (secondary N) is 1. The van der Waals surface area contributed by atoms with Crippen LogP contribution in [0.25, 0.3) is 0 Å². The van der Waals surface area contributed by atoms with E-state index in [0.29, 0.717) is 0 Å². The van der Waals surface area contributed by atoms with Crippen molar-refractivity contribution in [2.45, 2.75) is 51.9 Å². The third kappa shape index (κ3) is 8.74. The number of ether oxygens (including phenoxy) is 3. The number of benzene rings is 1. The van der Waals surface area contributed by atoms with E-state index in [1.54, 1.807) is 20.8 Å². The van der Waals surface area contributed by atoms with Crippen molar-refractivity contribution in [1.82, 2.24) is 5.32 Å². The maximum Gasteiger partial charge on any atom is 0.408 e. The number of alkyl carbamates (subject to hydrolysis) is 1. The van der Waals surface area contributed by atoms with Gasteiger partial charge in [-0.25, -0.2) is 9.59 Å². The molecule has 25 heavy (non-hydrogen) atoms. The van der Waals surface area contributed by atoms with Crippen LogP contribution in [-0.2, 0) is 30.4 Å². The monoisotopic (exact) mass is 351 g/mol. The molecule has 0 heterocycles. The summed E-state index contributed by atoms with van der Waals surface area (Å²) in [6, 6.07) is 8.15. The zero-order valence-corrected chi connectivity index (χ0v) is 15.0. The average Bonchev–Trinajstić information content (AvgIpc) is 2.55. The van der Waals surface area contributed by atoms with Crippen LogP contribution in [0.2, 0.25) is 0 Å². The molecule has 0 aromatic heterocycles. The lowest BCUT2D eigenvalue weighted by Crippen LogP contribution is -2.44. The van der Waals surface area contributed by atoms with Crippen molar-refractivity contribution in [3.63, 3.8) is 0 Å². The Morgan fingerprint density at radius 2 is 1.76 bits per heavy atom. The number of hydrogen-bond donors (Lipinski definition) is 1. The highest BCUT2D eigenvalue weighted by molar-refractivity contribution is 5.82. The van der Waals surface area contributed by atoms with Gasteiger partial charge in [0, 0.05) is 6.42 Å². The fourth-order valence-electron chi connectivity index (χ4n) is 1.89. The summed E-state index contributed by atoms with van der Waals surface area (Å²) in [6.07, 6.45) is -0.730. The first kappa shape index (κ1) is 20.5. The van der Waals surface area contributed by atoms with Crippen molar-refractivity contribution in [2.75, 3.05) is 7.11 Å². The van der Waals surface area contributed by atoms with Crippen LogP contribution < -0.4 is 5.32 Å². The Balaban J connectivity index is 2.62. The number of amides is 1. The van der Waals surface area contributed by atoms with Gasteiger partial charge in [0.05, 0.1) is 7.11 Å². The molecule has 1 rings (SSSR count). The first-order valence-corrected chi connectivity index (χ1v) is 7.98. The van der Waals surface area contributed by atoms with Gasteiger partial charge in [0.15, 0.2) is 0 Å². The molecule has 7 heteroatoms. The lowest BCUT2D eigenvalue weighted by molar-refractivity contribution is -0.157. The third-order valence-corrected chi connectivity index (χ3v) is 3.06. The quantitative estimate of drug-likeness (QED) is 0.600. The zero-order valence-electron chi connectivity index (χ0n) is 15.0. The summed E-state index contributed by atoms with van der Waals surface area (Å²) >= 11 is 0. The van der Waals surface area contributed by atoms with Gasteiger partial charge in [0.25, 0.3) is 0 Å². The largest absolute Gasteiger partial charge is 0.469 e. The summed E-state index contributed by atoms with van der Waals surface area (Å²) in [5, 5.41) is 2.45. The number of methoxy groups -OCH3 is 1. The Morgan fingerprint density at radius 1 is 1.12 bits per heavy atom. The molecule has 0 aliphatic carbocycles. The molecule has 1 aromatic carbocycles. The first-order chi connectivity index (χ1) is 11.7. The molecule has 0 saturated carbocycles. The maximum atomic E-state index is 12.2. The van der Waals surface area contributed by atoms with E-state index in [1.165, 1.54) is 7.11 Å². The van der Waals surface area contributed by atoms with Crippen molar-refractivity contribution in [2.24, 2.45) is 0 Å². The van der Waals surface area contributed by atoms with Crippen LogP contribution in [0.5, 0.6) is 0 Å². The van der Waals surface area contributed by atoms with Gasteiger partial charge >= 0.3 is 18.0 Å². The molecule has 0 aliphatic rings. The third-order valence-electron chi connectivity index (χ3n) is 3.06. The molecule has 1 amide bonds. The lowest BCUT2D eigenvalue weighted by atomic mass is 10.1. The molecule has 1 atom stereocenters. The SMILES string of the molecule is COC(=O)CC[C@@H](NC(=O)OCc1ccccc1)C(=O)OC(C)(C)C. The van der Waals surface area contributed by atoms with Crippen LogP contribution in [0.15, 0.2) is 30.3 Å². The average molecular weight is 351 g/mol. The van der Waals surface area contributed by atoms with Gasteiger partial charge in [-0.2, -0.15) is 0 Å². The van der Waals surface area contributed by atoms with Crippen LogP contribution in [-0.4, -0.2) is 36.8 Å². The predicted octanol–water partition coefficient (Wildman–Crippen LogP) is 2.58. The van der Waals surface area contributed by atoms with Crippen molar-refractivity contribution in [3.05, 3.63) is 35.9 Å². The van der Waals surface area contributed by atoms with Crippen LogP contribution >= 0.6 is 0 Å². The molecule has 0 aliphatic heterocycles. The Morgan fingerprint density at radius 3 is 2.32 bits per heavy atom. The number of hydrogen-bond acceptors (Lipinski definition) is 6. The normalized spacial score (nSPS) is 12.0. The Bertz CT molecular complexity index is 579. The van der Waals surface area contributed by atoms with E-state index >= 15 is 0 Å². The topological polar surface area (TPSA) is 90.9 Å². The van der Waals surface area contributed by atoms with Gasteiger partial charge in [-0.1, -0.05) is 30.3 Å². The highest BCUT2D eigenvalue weighted by Gasteiger charge is 2.27. The second-order valence-corrected chi connectivity index (χ2v) is 6.41. The standard InChI is InChI=1S/C18H25NO6/c1-18(2,3)25-16(21)14(10-11-15(20)23-4)19-17(22)24-12-13-8-6-5-7-9-13/h5-9,14H,10-12H2,1-4H3,(H,19,22)/t14-/m1/s1. The second-order valence-electron chi connectivity index (χ2n) is 6.41. The van der Waals surface area contributed by atoms with E-state index in [9.17, 15) is 14.4 Å². The van der Waals surface area contributed by atoms with Crippen LogP contribution in [0, 0.1) is 0 Å². The van der Waals surface area contributed by atoms with E-state index in [2.05, 4.69) is 10.1 Å². The van der Waals surface area contributed by atoms with E-state index in [4.69, 9.17) is 9.47 Å². The van der Waals surface area contributed by atoms with E-state index in [-0.39, 0.29) is 19.4 Å². The summed E-state index contributed by atoms with van der Waals surface area (Å²) in [5.74, 6) is -1.11. The van der Waals surface area contributed by atoms with Gasteiger partial charge in [-0.05, 0) is 32.8 Å². The molecule has 0 fully saturated rings. The molecule has 0 spiro atoms. The minimum Gasteiger partial charge on any atom is -0.469 e. The lowest BCUT2D eigenvalue weighted by Gasteiger charge is -2.24. The fourth-order valence-corrected chi connectivity index (χ4v) is 1.89. The Labute approximate surface area is 147 Å². The molecule has 0 radical (unpaired) electrons. The molecule has 0 saturated heterocycles. The van der Waals surface area contributed by atoms with Gasteiger partial charge in [-0.3, -0.25) is 4.79 Å². The molecular weight excluding hydrogens is 326 g/mol. The Kier molecular flexibility index (Phi) is 7.91. The maximum absolute atomic E-state index is 12.2. The van der Waals surface area contributed by atoms with Crippen molar-refractivity contribution < 1.29 is 28.6 Å². The van der Waals surface area contributed by atoms with Crippen molar-refractivity contribution in [3.8, 4) is 0 Å². The summed E-state index contributed by atoms with van der Waals surface area (Å²) in [4.78, 5) is 35.5. The van der Waals surface area contributed by atoms with Crippen LogP contribution in [0.4, 0.5) is 4.79 Å². The number of esters is 2. The first-order valence-electron chi connectivity index (χ1n) is 7.98. The summed E-state index contributed by atoms with van der Waals surface area (Å²) in [5.41, 5.74) is 0.108. The molecular formula is C18H25NO6. The number of carbonyl (C=O) groups excluding carboxylic acids is 3. The highest BCUT2D eigenvalue weighted by Crippen LogP contribution is 2.11. The zero-order chi connectivity index (χ0) is 18.9. The van der Waals surface area contributed by atoms with Gasteiger partial charge in [0.2, 0.25) is 0 Å². The minimum atomic E-state index is -0.999. The van der Waals surface area contributed by atoms with Gasteiger partial charge < -0.3 is 19.5 Å². The van der Waals surface area contributed by atoms with Crippen molar-refractivity contribution >= 4 is 18.0 Å².